The maximum absolute atomic E-state index is 12.9. The van der Waals surface area contributed by atoms with Gasteiger partial charge in [0.05, 0.1) is 14.2 Å². The Hall–Kier alpha value is -2.96. The summed E-state index contributed by atoms with van der Waals surface area (Å²) in [5.41, 5.74) is 3.30. The van der Waals surface area contributed by atoms with Gasteiger partial charge in [-0.25, -0.2) is 0 Å². The number of carbonyl (C=O) groups is 2. The molecule has 3 rings (SSSR count). The predicted octanol–water partition coefficient (Wildman–Crippen LogP) is 3.92. The molecule has 1 aliphatic rings. The largest absolute Gasteiger partial charge is 0.497 e. The van der Waals surface area contributed by atoms with Crippen LogP contribution in [0.4, 0.5) is 5.69 Å². The number of aryl methyl sites for hydroxylation is 2. The number of methoxy groups -OCH3 is 2. The van der Waals surface area contributed by atoms with E-state index in [1.807, 2.05) is 24.8 Å². The van der Waals surface area contributed by atoms with E-state index in [1.165, 1.54) is 0 Å². The summed E-state index contributed by atoms with van der Waals surface area (Å²) in [7, 11) is 3.15. The molecule has 1 aromatic heterocycles. The van der Waals surface area contributed by atoms with Crippen LogP contribution < -0.4 is 14.8 Å². The number of hydrogen-bond donors (Lipinski definition) is 2. The van der Waals surface area contributed by atoms with Crippen molar-refractivity contribution in [2.75, 3.05) is 32.6 Å². The zero-order valence-corrected chi connectivity index (χ0v) is 18.2. The van der Waals surface area contributed by atoms with Crippen molar-refractivity contribution in [2.45, 2.75) is 39.5 Å². The molecular formula is C23H31N3O4. The Kier molecular flexibility index (Phi) is 7.03. The number of carbonyl (C=O) groups excluding carboxylic acids is 2. The first-order chi connectivity index (χ1) is 14.4. The minimum absolute atomic E-state index is 0.0513. The van der Waals surface area contributed by atoms with Gasteiger partial charge in [0.25, 0.3) is 5.91 Å². The molecule has 2 heterocycles. The lowest BCUT2D eigenvalue weighted by atomic mass is 9.93. The van der Waals surface area contributed by atoms with Crippen LogP contribution in [-0.2, 0) is 4.79 Å². The number of ether oxygens (including phenoxy) is 2. The molecule has 1 unspecified atom stereocenters. The molecule has 2 aromatic rings. The lowest BCUT2D eigenvalue weighted by Gasteiger charge is -2.32. The number of nitrogens with one attached hydrogen (secondary N) is 2. The number of H-pyrrole nitrogens is 1. The van der Waals surface area contributed by atoms with Crippen molar-refractivity contribution in [2.24, 2.45) is 5.92 Å². The molecule has 0 bridgehead atoms. The van der Waals surface area contributed by atoms with E-state index in [1.54, 1.807) is 32.4 Å². The van der Waals surface area contributed by atoms with E-state index in [4.69, 9.17) is 9.47 Å². The van der Waals surface area contributed by atoms with Crippen molar-refractivity contribution >= 4 is 17.5 Å². The molecule has 1 aliphatic heterocycles. The maximum atomic E-state index is 12.9. The molecule has 162 valence electrons. The molecule has 1 aromatic carbocycles. The summed E-state index contributed by atoms with van der Waals surface area (Å²) in [6.45, 7) is 5.37. The third kappa shape index (κ3) is 5.34. The lowest BCUT2D eigenvalue weighted by molar-refractivity contribution is -0.116. The molecule has 2 amide bonds. The van der Waals surface area contributed by atoms with E-state index in [0.717, 1.165) is 37.1 Å². The highest BCUT2D eigenvalue weighted by Gasteiger charge is 2.26. The van der Waals surface area contributed by atoms with Crippen LogP contribution in [0, 0.1) is 19.8 Å². The molecular weight excluding hydrogens is 382 g/mol. The normalized spacial score (nSPS) is 16.3. The van der Waals surface area contributed by atoms with Gasteiger partial charge in [-0.2, -0.15) is 0 Å². The van der Waals surface area contributed by atoms with E-state index >= 15 is 0 Å². The van der Waals surface area contributed by atoms with Gasteiger partial charge in [0.2, 0.25) is 5.91 Å². The van der Waals surface area contributed by atoms with Gasteiger partial charge >= 0.3 is 0 Å². The van der Waals surface area contributed by atoms with E-state index in [2.05, 4.69) is 10.3 Å². The summed E-state index contributed by atoms with van der Waals surface area (Å²) in [6.07, 6.45) is 3.16. The van der Waals surface area contributed by atoms with Crippen LogP contribution in [0.25, 0.3) is 0 Å². The van der Waals surface area contributed by atoms with Crippen LogP contribution in [0.15, 0.2) is 24.3 Å². The van der Waals surface area contributed by atoms with Crippen molar-refractivity contribution < 1.29 is 19.1 Å². The quantitative estimate of drug-likeness (QED) is 0.721. The van der Waals surface area contributed by atoms with Crippen LogP contribution in [0.3, 0.4) is 0 Å². The monoisotopic (exact) mass is 413 g/mol. The summed E-state index contributed by atoms with van der Waals surface area (Å²) in [5.74, 6) is 1.58. The average molecular weight is 414 g/mol. The second-order valence-electron chi connectivity index (χ2n) is 7.96. The number of hydrogen-bond acceptors (Lipinski definition) is 4. The second-order valence-corrected chi connectivity index (χ2v) is 7.96. The molecule has 1 atom stereocenters. The fourth-order valence-corrected chi connectivity index (χ4v) is 4.03. The van der Waals surface area contributed by atoms with E-state index in [-0.39, 0.29) is 11.8 Å². The van der Waals surface area contributed by atoms with E-state index in [0.29, 0.717) is 41.8 Å². The third-order valence-corrected chi connectivity index (χ3v) is 5.58. The smallest absolute Gasteiger partial charge is 0.270 e. The van der Waals surface area contributed by atoms with Crippen molar-refractivity contribution in [3.05, 3.63) is 41.2 Å². The number of aromatic amines is 1. The Bertz CT molecular complexity index is 884. The average Bonchev–Trinajstić information content (AvgIpc) is 3.09. The summed E-state index contributed by atoms with van der Waals surface area (Å²) < 4.78 is 10.5. The van der Waals surface area contributed by atoms with Crippen molar-refractivity contribution in [3.8, 4) is 11.5 Å². The number of benzene rings is 1. The van der Waals surface area contributed by atoms with Crippen molar-refractivity contribution in [1.82, 2.24) is 9.88 Å². The molecule has 0 radical (unpaired) electrons. The summed E-state index contributed by atoms with van der Waals surface area (Å²) in [6, 6.07) is 7.29. The highest BCUT2D eigenvalue weighted by molar-refractivity contribution is 5.94. The SMILES string of the molecule is COc1cc(NC(=O)CCC2CCCN(C(=O)c3[nH]c(C)cc3C)C2)cc(OC)c1. The molecule has 1 saturated heterocycles. The predicted molar refractivity (Wildman–Crippen MR) is 116 cm³/mol. The Balaban J connectivity index is 1.53. The number of rotatable bonds is 7. The standard InChI is InChI=1S/C23H31N3O4/c1-15-10-16(2)24-22(15)23(28)26-9-5-6-17(14-26)7-8-21(27)25-18-11-19(29-3)13-20(12-18)30-4/h10-13,17,24H,5-9,14H2,1-4H3,(H,25,27). The lowest BCUT2D eigenvalue weighted by Crippen LogP contribution is -2.40. The summed E-state index contributed by atoms with van der Waals surface area (Å²) in [5, 5.41) is 2.92. The van der Waals surface area contributed by atoms with Gasteiger partial charge in [0.15, 0.2) is 0 Å². The second kappa shape index (κ2) is 9.69. The maximum Gasteiger partial charge on any atom is 0.270 e. The molecule has 0 aliphatic carbocycles. The first kappa shape index (κ1) is 21.7. The van der Waals surface area contributed by atoms with Gasteiger partial charge in [0, 0.05) is 49.1 Å². The van der Waals surface area contributed by atoms with Gasteiger partial charge in [-0.05, 0) is 50.7 Å². The first-order valence-electron chi connectivity index (χ1n) is 10.4. The summed E-state index contributed by atoms with van der Waals surface area (Å²) >= 11 is 0. The first-order valence-corrected chi connectivity index (χ1v) is 10.4. The topological polar surface area (TPSA) is 83.7 Å². The molecule has 0 spiro atoms. The van der Waals surface area contributed by atoms with Gasteiger partial charge in [-0.1, -0.05) is 0 Å². The fourth-order valence-electron chi connectivity index (χ4n) is 4.03. The van der Waals surface area contributed by atoms with Crippen molar-refractivity contribution in [3.63, 3.8) is 0 Å². The molecule has 0 saturated carbocycles. The van der Waals surface area contributed by atoms with Gasteiger partial charge in [0.1, 0.15) is 17.2 Å². The van der Waals surface area contributed by atoms with Crippen LogP contribution in [0.2, 0.25) is 0 Å². The Morgan fingerprint density at radius 2 is 1.83 bits per heavy atom. The Labute approximate surface area is 177 Å². The van der Waals surface area contributed by atoms with Gasteiger partial charge < -0.3 is 24.7 Å². The number of amides is 2. The zero-order valence-electron chi connectivity index (χ0n) is 18.2. The fraction of sp³-hybridized carbons (Fsp3) is 0.478. The molecule has 1 fully saturated rings. The van der Waals surface area contributed by atoms with E-state index in [9.17, 15) is 9.59 Å². The highest BCUT2D eigenvalue weighted by Crippen LogP contribution is 2.27. The Morgan fingerprint density at radius 3 is 2.43 bits per heavy atom. The summed E-state index contributed by atoms with van der Waals surface area (Å²) in [4.78, 5) is 30.4. The third-order valence-electron chi connectivity index (χ3n) is 5.58. The van der Waals surface area contributed by atoms with Crippen LogP contribution in [0.5, 0.6) is 11.5 Å². The highest BCUT2D eigenvalue weighted by atomic mass is 16.5. The molecule has 30 heavy (non-hydrogen) atoms. The molecule has 7 nitrogen and oxygen atoms in total. The van der Waals surface area contributed by atoms with Gasteiger partial charge in [-0.15, -0.1) is 0 Å². The minimum Gasteiger partial charge on any atom is -0.497 e. The molecule has 7 heteroatoms. The number of piperidine rings is 1. The molecule has 2 N–H and O–H groups in total. The number of aromatic nitrogens is 1. The number of nitrogens with zero attached hydrogens (tertiary/aromatic N) is 1. The van der Waals surface area contributed by atoms with E-state index < -0.39 is 0 Å². The number of likely N-dealkylation sites (tertiary alicyclic amines) is 1. The van der Waals surface area contributed by atoms with Crippen molar-refractivity contribution in [1.29, 1.82) is 0 Å². The minimum atomic E-state index is -0.0513. The zero-order chi connectivity index (χ0) is 21.7. The van der Waals surface area contributed by atoms with Gasteiger partial charge in [-0.3, -0.25) is 9.59 Å². The Morgan fingerprint density at radius 1 is 1.13 bits per heavy atom. The number of anilines is 1. The van der Waals surface area contributed by atoms with Crippen LogP contribution in [0.1, 0.15) is 47.4 Å². The van der Waals surface area contributed by atoms with Crippen LogP contribution >= 0.6 is 0 Å². The van der Waals surface area contributed by atoms with Crippen LogP contribution in [-0.4, -0.2) is 49.0 Å².